The average molecular weight is 301 g/mol. The molecule has 1 heterocycles. The summed E-state index contributed by atoms with van der Waals surface area (Å²) in [6.45, 7) is 1.93. The van der Waals surface area contributed by atoms with Crippen molar-refractivity contribution in [1.82, 2.24) is 10.2 Å². The molecular weight excluding hydrogens is 288 g/mol. The number of hydrogen-bond donors (Lipinski definition) is 3. The molecule has 0 aliphatic heterocycles. The van der Waals surface area contributed by atoms with Crippen LogP contribution in [0.5, 0.6) is 0 Å². The number of anilines is 2. The molecule has 0 saturated heterocycles. The van der Waals surface area contributed by atoms with Crippen molar-refractivity contribution in [1.29, 1.82) is 0 Å². The molecule has 8 heteroatoms. The van der Waals surface area contributed by atoms with E-state index in [0.717, 1.165) is 12.1 Å². The van der Waals surface area contributed by atoms with E-state index in [1.165, 1.54) is 18.2 Å². The van der Waals surface area contributed by atoms with Crippen molar-refractivity contribution in [3.63, 3.8) is 0 Å². The summed E-state index contributed by atoms with van der Waals surface area (Å²) in [6, 6.07) is 5.84. The zero-order chi connectivity index (χ0) is 14.0. The number of nitrogens with zero attached hydrogens (tertiary/aromatic N) is 1. The van der Waals surface area contributed by atoms with Crippen LogP contribution in [0.2, 0.25) is 5.02 Å². The summed E-state index contributed by atoms with van der Waals surface area (Å²) in [7, 11) is -3.78. The van der Waals surface area contributed by atoms with Crippen molar-refractivity contribution in [3.8, 4) is 0 Å². The molecule has 0 fully saturated rings. The lowest BCUT2D eigenvalue weighted by Crippen LogP contribution is -2.13. The van der Waals surface area contributed by atoms with Gasteiger partial charge in [-0.3, -0.25) is 9.82 Å². The van der Waals surface area contributed by atoms with Crippen LogP contribution in [-0.4, -0.2) is 18.6 Å². The van der Waals surface area contributed by atoms with Gasteiger partial charge < -0.3 is 5.73 Å². The first-order valence-corrected chi connectivity index (χ1v) is 7.40. The average Bonchev–Trinajstić information content (AvgIpc) is 2.75. The van der Waals surface area contributed by atoms with Crippen LogP contribution in [-0.2, 0) is 16.4 Å². The number of nitrogen functional groups attached to an aromatic ring is 1. The molecule has 19 heavy (non-hydrogen) atoms. The minimum atomic E-state index is -3.78. The van der Waals surface area contributed by atoms with Crippen LogP contribution in [0, 0.1) is 0 Å². The van der Waals surface area contributed by atoms with Gasteiger partial charge in [0.1, 0.15) is 4.90 Å². The fourth-order valence-electron chi connectivity index (χ4n) is 1.52. The zero-order valence-electron chi connectivity index (χ0n) is 10.1. The molecule has 0 amide bonds. The summed E-state index contributed by atoms with van der Waals surface area (Å²) in [6.07, 6.45) is 0.733. The Labute approximate surface area is 116 Å². The molecule has 0 unspecified atom stereocenters. The Morgan fingerprint density at radius 2 is 2.16 bits per heavy atom. The number of rotatable bonds is 4. The lowest BCUT2D eigenvalue weighted by atomic mass is 10.3. The molecule has 4 N–H and O–H groups in total. The molecule has 2 aromatic rings. The highest BCUT2D eigenvalue weighted by Crippen LogP contribution is 2.25. The summed E-state index contributed by atoms with van der Waals surface area (Å²) >= 11 is 5.89. The number of hydrogen-bond acceptors (Lipinski definition) is 4. The number of sulfonamides is 1. The highest BCUT2D eigenvalue weighted by molar-refractivity contribution is 7.92. The van der Waals surface area contributed by atoms with Gasteiger partial charge in [-0.25, -0.2) is 8.42 Å². The standard InChI is InChI=1S/C11H13ClN4O2S/c1-2-8-6-11(15-14-8)16-19(17,18)10-4-3-7(13)5-9(10)12/h3-6H,2,13H2,1H3,(H2,14,15,16). The lowest BCUT2D eigenvalue weighted by molar-refractivity contribution is 0.601. The smallest absolute Gasteiger partial charge is 0.264 e. The summed E-state index contributed by atoms with van der Waals surface area (Å²) in [5, 5.41) is 6.65. The van der Waals surface area contributed by atoms with E-state index in [-0.39, 0.29) is 15.7 Å². The van der Waals surface area contributed by atoms with Gasteiger partial charge in [-0.05, 0) is 24.6 Å². The third kappa shape index (κ3) is 2.99. The molecule has 0 atom stereocenters. The summed E-state index contributed by atoms with van der Waals surface area (Å²) in [4.78, 5) is -0.0376. The molecule has 102 valence electrons. The number of aromatic nitrogens is 2. The number of benzene rings is 1. The Balaban J connectivity index is 2.32. The van der Waals surface area contributed by atoms with E-state index in [1.807, 2.05) is 6.92 Å². The van der Waals surface area contributed by atoms with Crippen LogP contribution in [0.1, 0.15) is 12.6 Å². The zero-order valence-corrected chi connectivity index (χ0v) is 11.7. The molecule has 0 radical (unpaired) electrons. The van der Waals surface area contributed by atoms with Gasteiger partial charge in [-0.1, -0.05) is 18.5 Å². The summed E-state index contributed by atoms with van der Waals surface area (Å²) in [5.74, 6) is 0.227. The highest BCUT2D eigenvalue weighted by Gasteiger charge is 2.19. The first-order chi connectivity index (χ1) is 8.92. The van der Waals surface area contributed by atoms with Crippen molar-refractivity contribution >= 4 is 33.1 Å². The van der Waals surface area contributed by atoms with E-state index in [9.17, 15) is 8.42 Å². The van der Waals surface area contributed by atoms with Crippen LogP contribution < -0.4 is 10.5 Å². The number of H-pyrrole nitrogens is 1. The monoisotopic (exact) mass is 300 g/mol. The molecular formula is C11H13ClN4O2S. The Bertz CT molecular complexity index is 696. The van der Waals surface area contributed by atoms with Gasteiger partial charge in [-0.2, -0.15) is 5.10 Å². The molecule has 0 aliphatic rings. The van der Waals surface area contributed by atoms with Crippen LogP contribution in [0.25, 0.3) is 0 Å². The van der Waals surface area contributed by atoms with Gasteiger partial charge in [0.2, 0.25) is 0 Å². The van der Waals surface area contributed by atoms with Gasteiger partial charge in [-0.15, -0.1) is 0 Å². The molecule has 0 saturated carbocycles. The molecule has 2 rings (SSSR count). The van der Waals surface area contributed by atoms with Gasteiger partial charge in [0.25, 0.3) is 10.0 Å². The van der Waals surface area contributed by atoms with E-state index in [0.29, 0.717) is 5.69 Å². The molecule has 0 bridgehead atoms. The van der Waals surface area contributed by atoms with E-state index >= 15 is 0 Å². The van der Waals surface area contributed by atoms with Gasteiger partial charge in [0.05, 0.1) is 5.02 Å². The second kappa shape index (κ2) is 5.10. The second-order valence-electron chi connectivity index (χ2n) is 3.93. The Morgan fingerprint density at radius 3 is 2.74 bits per heavy atom. The lowest BCUT2D eigenvalue weighted by Gasteiger charge is -2.07. The number of aromatic amines is 1. The maximum Gasteiger partial charge on any atom is 0.264 e. The largest absolute Gasteiger partial charge is 0.399 e. The minimum absolute atomic E-state index is 0.0376. The third-order valence-electron chi connectivity index (χ3n) is 2.50. The van der Waals surface area contributed by atoms with Crippen LogP contribution in [0.3, 0.4) is 0 Å². The van der Waals surface area contributed by atoms with Crippen molar-refractivity contribution in [2.45, 2.75) is 18.2 Å². The SMILES string of the molecule is CCc1cc(NS(=O)(=O)c2ccc(N)cc2Cl)n[nH]1. The van der Waals surface area contributed by atoms with E-state index in [2.05, 4.69) is 14.9 Å². The number of halogens is 1. The third-order valence-corrected chi connectivity index (χ3v) is 4.33. The fourth-order valence-corrected chi connectivity index (χ4v) is 3.07. The Morgan fingerprint density at radius 1 is 1.42 bits per heavy atom. The minimum Gasteiger partial charge on any atom is -0.399 e. The van der Waals surface area contributed by atoms with Crippen LogP contribution >= 0.6 is 11.6 Å². The van der Waals surface area contributed by atoms with Gasteiger partial charge in [0.15, 0.2) is 5.82 Å². The maximum absolute atomic E-state index is 12.1. The number of aryl methyl sites for hydroxylation is 1. The first-order valence-electron chi connectivity index (χ1n) is 5.54. The first kappa shape index (κ1) is 13.7. The molecule has 0 aliphatic carbocycles. The van der Waals surface area contributed by atoms with Crippen molar-refractivity contribution in [2.75, 3.05) is 10.5 Å². The van der Waals surface area contributed by atoms with E-state index < -0.39 is 10.0 Å². The molecule has 6 nitrogen and oxygen atoms in total. The quantitative estimate of drug-likeness (QED) is 0.752. The number of nitrogens with two attached hydrogens (primary N) is 1. The maximum atomic E-state index is 12.1. The van der Waals surface area contributed by atoms with E-state index in [4.69, 9.17) is 17.3 Å². The Kier molecular flexibility index (Phi) is 3.68. The van der Waals surface area contributed by atoms with Crippen molar-refractivity contribution in [2.24, 2.45) is 0 Å². The Hall–Kier alpha value is -1.73. The molecule has 0 spiro atoms. The fraction of sp³-hybridized carbons (Fsp3) is 0.182. The summed E-state index contributed by atoms with van der Waals surface area (Å²) in [5.41, 5.74) is 6.76. The van der Waals surface area contributed by atoms with Crippen molar-refractivity contribution < 1.29 is 8.42 Å². The normalized spacial score (nSPS) is 11.5. The van der Waals surface area contributed by atoms with E-state index in [1.54, 1.807) is 6.07 Å². The van der Waals surface area contributed by atoms with Crippen molar-refractivity contribution in [3.05, 3.63) is 35.0 Å². The summed E-state index contributed by atoms with van der Waals surface area (Å²) < 4.78 is 26.6. The van der Waals surface area contributed by atoms with Crippen LogP contribution in [0.4, 0.5) is 11.5 Å². The topological polar surface area (TPSA) is 101 Å². The molecule has 1 aromatic heterocycles. The highest BCUT2D eigenvalue weighted by atomic mass is 35.5. The second-order valence-corrected chi connectivity index (χ2v) is 5.99. The van der Waals surface area contributed by atoms with Gasteiger partial charge in [0, 0.05) is 17.4 Å². The van der Waals surface area contributed by atoms with Gasteiger partial charge >= 0.3 is 0 Å². The predicted octanol–water partition coefficient (Wildman–Crippen LogP) is 2.01. The number of nitrogens with one attached hydrogen (secondary N) is 2. The predicted molar refractivity (Wildman–Crippen MR) is 74.6 cm³/mol. The molecule has 1 aromatic carbocycles. The van der Waals surface area contributed by atoms with Crippen LogP contribution in [0.15, 0.2) is 29.2 Å².